The van der Waals surface area contributed by atoms with Crippen molar-refractivity contribution < 1.29 is 4.42 Å². The molecule has 0 saturated heterocycles. The van der Waals surface area contributed by atoms with Gasteiger partial charge in [0.2, 0.25) is 0 Å². The van der Waals surface area contributed by atoms with Crippen LogP contribution in [0.25, 0.3) is 18.2 Å². The molecular formula is C31H34O. The summed E-state index contributed by atoms with van der Waals surface area (Å²) in [5.41, 5.74) is 4.24. The first-order valence-corrected chi connectivity index (χ1v) is 11.4. The van der Waals surface area contributed by atoms with E-state index in [1.165, 1.54) is 11.1 Å². The Balaban J connectivity index is 2.22. The van der Waals surface area contributed by atoms with Crippen molar-refractivity contribution >= 4 is 18.2 Å². The highest BCUT2D eigenvalue weighted by Gasteiger charge is 2.24. The first-order chi connectivity index (χ1) is 15.5. The molecule has 0 aliphatic heterocycles. The molecule has 1 aromatic heterocycles. The van der Waals surface area contributed by atoms with Crippen LogP contribution in [0, 0.1) is 0 Å². The second-order valence-electron chi connectivity index (χ2n) is 8.30. The van der Waals surface area contributed by atoms with Gasteiger partial charge in [0.25, 0.3) is 0 Å². The van der Waals surface area contributed by atoms with Gasteiger partial charge in [0.05, 0.1) is 0 Å². The van der Waals surface area contributed by atoms with Crippen molar-refractivity contribution in [2.24, 2.45) is 0 Å². The lowest BCUT2D eigenvalue weighted by atomic mass is 9.82. The standard InChI is InChI=1S/C31H34O/c1-6-9-12-17-25(16-8-3)24(4)30-28(20-10-7-2)27-21-15-22-31(5,23-29(27)32-30)26-18-13-11-14-19-26/h7-24H,2,6H2,1,3-5H3/b12-9-,16-8-,20-10-,25-17+. The van der Waals surface area contributed by atoms with E-state index in [9.17, 15) is 0 Å². The predicted molar refractivity (Wildman–Crippen MR) is 140 cm³/mol. The lowest BCUT2D eigenvalue weighted by Crippen LogP contribution is -2.26. The van der Waals surface area contributed by atoms with Crippen molar-refractivity contribution in [3.05, 3.63) is 125 Å². The van der Waals surface area contributed by atoms with Crippen molar-refractivity contribution in [1.82, 2.24) is 0 Å². The fourth-order valence-electron chi connectivity index (χ4n) is 4.08. The van der Waals surface area contributed by atoms with Crippen LogP contribution >= 0.6 is 0 Å². The average Bonchev–Trinajstić information content (AvgIpc) is 3.03. The maximum absolute atomic E-state index is 6.62. The number of rotatable bonds is 8. The molecule has 164 valence electrons. The summed E-state index contributed by atoms with van der Waals surface area (Å²) in [6, 6.07) is 10.6. The van der Waals surface area contributed by atoms with E-state index in [0.717, 1.165) is 28.4 Å². The van der Waals surface area contributed by atoms with Gasteiger partial charge in [0.15, 0.2) is 0 Å². The third-order valence-electron chi connectivity index (χ3n) is 5.88. The fraction of sp³-hybridized carbons (Fsp3) is 0.226. The maximum Gasteiger partial charge on any atom is 0.132 e. The molecule has 0 radical (unpaired) electrons. The summed E-state index contributed by atoms with van der Waals surface area (Å²) in [6.45, 7) is 12.5. The SMILES string of the molecule is C=C/C=C\c1c(C(C)C(/C=C\C)=C/C=C\CC)oc2c1=CC=CC(C)(c1ccccc1)C=2. The van der Waals surface area contributed by atoms with E-state index in [2.05, 4.69) is 125 Å². The lowest BCUT2D eigenvalue weighted by Gasteiger charge is -2.21. The maximum atomic E-state index is 6.62. The van der Waals surface area contributed by atoms with Crippen molar-refractivity contribution in [3.8, 4) is 0 Å². The van der Waals surface area contributed by atoms with E-state index in [0.29, 0.717) is 0 Å². The van der Waals surface area contributed by atoms with Gasteiger partial charge in [-0.1, -0.05) is 118 Å². The minimum atomic E-state index is -0.243. The lowest BCUT2D eigenvalue weighted by molar-refractivity contribution is 0.464. The highest BCUT2D eigenvalue weighted by Crippen LogP contribution is 2.30. The van der Waals surface area contributed by atoms with Gasteiger partial charge in [-0.15, -0.1) is 0 Å². The molecule has 0 fully saturated rings. The Morgan fingerprint density at radius 2 is 1.97 bits per heavy atom. The number of fused-ring (bicyclic) bond motifs is 1. The van der Waals surface area contributed by atoms with Gasteiger partial charge in [-0.2, -0.15) is 0 Å². The zero-order valence-corrected chi connectivity index (χ0v) is 19.7. The second-order valence-corrected chi connectivity index (χ2v) is 8.30. The Kier molecular flexibility index (Phi) is 7.89. The van der Waals surface area contributed by atoms with Gasteiger partial charge in [-0.05, 0) is 37.5 Å². The molecule has 1 heteroatoms. The van der Waals surface area contributed by atoms with Crippen LogP contribution in [0.5, 0.6) is 0 Å². The van der Waals surface area contributed by atoms with Crippen LogP contribution < -0.4 is 10.6 Å². The highest BCUT2D eigenvalue weighted by atomic mass is 16.3. The van der Waals surface area contributed by atoms with E-state index in [-0.39, 0.29) is 11.3 Å². The summed E-state index contributed by atoms with van der Waals surface area (Å²) in [5, 5.41) is 1.12. The first kappa shape index (κ1) is 23.3. The quantitative estimate of drug-likeness (QED) is 0.412. The molecule has 32 heavy (non-hydrogen) atoms. The van der Waals surface area contributed by atoms with E-state index in [4.69, 9.17) is 4.42 Å². The van der Waals surface area contributed by atoms with Crippen molar-refractivity contribution in [2.75, 3.05) is 0 Å². The number of hydrogen-bond donors (Lipinski definition) is 0. The summed E-state index contributed by atoms with van der Waals surface area (Å²) in [7, 11) is 0. The predicted octanol–water partition coefficient (Wildman–Crippen LogP) is 7.14. The first-order valence-electron chi connectivity index (χ1n) is 11.4. The van der Waals surface area contributed by atoms with Crippen LogP contribution in [-0.4, -0.2) is 0 Å². The Bertz CT molecular complexity index is 1200. The summed E-state index contributed by atoms with van der Waals surface area (Å²) < 4.78 is 6.62. The molecule has 1 nitrogen and oxygen atoms in total. The molecule has 1 aliphatic rings. The molecule has 3 rings (SSSR count). The second kappa shape index (κ2) is 10.8. The van der Waals surface area contributed by atoms with Gasteiger partial charge >= 0.3 is 0 Å². The topological polar surface area (TPSA) is 13.1 Å². The molecular weight excluding hydrogens is 388 g/mol. The number of benzene rings is 1. The van der Waals surface area contributed by atoms with E-state index >= 15 is 0 Å². The van der Waals surface area contributed by atoms with Crippen molar-refractivity contribution in [2.45, 2.75) is 45.4 Å². The van der Waals surface area contributed by atoms with E-state index < -0.39 is 0 Å². The summed E-state index contributed by atoms with van der Waals surface area (Å²) in [4.78, 5) is 0. The molecule has 1 aromatic carbocycles. The van der Waals surface area contributed by atoms with Gasteiger partial charge in [-0.3, -0.25) is 0 Å². The summed E-state index contributed by atoms with van der Waals surface area (Å²) >= 11 is 0. The number of hydrogen-bond acceptors (Lipinski definition) is 1. The fourth-order valence-corrected chi connectivity index (χ4v) is 4.08. The van der Waals surface area contributed by atoms with E-state index in [1.54, 1.807) is 0 Å². The largest absolute Gasteiger partial charge is 0.460 e. The minimum Gasteiger partial charge on any atom is -0.460 e. The number of furan rings is 1. The van der Waals surface area contributed by atoms with Crippen LogP contribution in [0.4, 0.5) is 0 Å². The molecule has 0 saturated carbocycles. The zero-order chi connectivity index (χ0) is 23.0. The normalized spacial score (nSPS) is 19.7. The summed E-state index contributed by atoms with van der Waals surface area (Å²) in [5.74, 6) is 1.08. The van der Waals surface area contributed by atoms with Crippen molar-refractivity contribution in [1.29, 1.82) is 0 Å². The Morgan fingerprint density at radius 3 is 2.66 bits per heavy atom. The highest BCUT2D eigenvalue weighted by molar-refractivity contribution is 5.63. The smallest absolute Gasteiger partial charge is 0.132 e. The third-order valence-corrected chi connectivity index (χ3v) is 5.88. The molecule has 0 spiro atoms. The molecule has 0 N–H and O–H groups in total. The van der Waals surface area contributed by atoms with Crippen LogP contribution in [0.2, 0.25) is 0 Å². The molecule has 0 bridgehead atoms. The molecule has 2 unspecified atom stereocenters. The Hall–Kier alpha value is -3.32. The molecule has 0 amide bonds. The monoisotopic (exact) mass is 422 g/mol. The van der Waals surface area contributed by atoms with Crippen molar-refractivity contribution in [3.63, 3.8) is 0 Å². The molecule has 2 aromatic rings. The Morgan fingerprint density at radius 1 is 1.19 bits per heavy atom. The minimum absolute atomic E-state index is 0.109. The van der Waals surface area contributed by atoms with Gasteiger partial charge < -0.3 is 4.42 Å². The Labute approximate surface area is 192 Å². The molecule has 2 atom stereocenters. The average molecular weight is 423 g/mol. The van der Waals surface area contributed by atoms with Crippen LogP contribution in [-0.2, 0) is 5.41 Å². The van der Waals surface area contributed by atoms with Crippen LogP contribution in [0.1, 0.15) is 56.9 Å². The zero-order valence-electron chi connectivity index (χ0n) is 19.7. The molecule has 1 heterocycles. The van der Waals surface area contributed by atoms with Gasteiger partial charge in [-0.25, -0.2) is 0 Å². The third kappa shape index (κ3) is 5.11. The number of allylic oxidation sites excluding steroid dienone is 10. The van der Waals surface area contributed by atoms with Crippen LogP contribution in [0.3, 0.4) is 0 Å². The van der Waals surface area contributed by atoms with Gasteiger partial charge in [0, 0.05) is 22.1 Å². The van der Waals surface area contributed by atoms with E-state index in [1.807, 2.05) is 12.2 Å². The molecule has 1 aliphatic carbocycles. The van der Waals surface area contributed by atoms with Gasteiger partial charge in [0.1, 0.15) is 11.2 Å². The summed E-state index contributed by atoms with van der Waals surface area (Å²) in [6.07, 6.45) is 26.5. The van der Waals surface area contributed by atoms with Crippen LogP contribution in [0.15, 0.2) is 102 Å².